The van der Waals surface area contributed by atoms with E-state index in [1.807, 2.05) is 12.1 Å². The fourth-order valence-corrected chi connectivity index (χ4v) is 3.60. The molecule has 1 aliphatic carbocycles. The molecule has 0 amide bonds. The van der Waals surface area contributed by atoms with Gasteiger partial charge in [0.05, 0.1) is 18.8 Å². The number of carbonyl (C=O) groups excluding carboxylic acids is 2. The Bertz CT molecular complexity index is 631. The summed E-state index contributed by atoms with van der Waals surface area (Å²) < 4.78 is 16.3. The minimum atomic E-state index is -0.344. The molecule has 0 N–H and O–H groups in total. The van der Waals surface area contributed by atoms with Gasteiger partial charge in [-0.3, -0.25) is 0 Å². The van der Waals surface area contributed by atoms with Gasteiger partial charge in [-0.05, 0) is 62.8 Å². The maximum Gasteiger partial charge on any atom is 0.338 e. The van der Waals surface area contributed by atoms with Gasteiger partial charge in [-0.1, -0.05) is 45.1 Å². The molecule has 1 fully saturated rings. The Labute approximate surface area is 180 Å². The summed E-state index contributed by atoms with van der Waals surface area (Å²) in [7, 11) is 0. The predicted octanol–water partition coefficient (Wildman–Crippen LogP) is 6.01. The van der Waals surface area contributed by atoms with Gasteiger partial charge in [-0.15, -0.1) is 0 Å². The van der Waals surface area contributed by atoms with Crippen molar-refractivity contribution in [2.45, 2.75) is 83.2 Å². The molecule has 5 heteroatoms. The van der Waals surface area contributed by atoms with E-state index in [1.165, 1.54) is 25.3 Å². The van der Waals surface area contributed by atoms with E-state index in [-0.39, 0.29) is 18.0 Å². The molecule has 2 rings (SSSR count). The van der Waals surface area contributed by atoms with Crippen LogP contribution in [0.15, 0.2) is 36.9 Å². The second-order valence-corrected chi connectivity index (χ2v) is 7.88. The lowest BCUT2D eigenvalue weighted by molar-refractivity contribution is -0.137. The van der Waals surface area contributed by atoms with Crippen molar-refractivity contribution in [2.75, 3.05) is 13.2 Å². The van der Waals surface area contributed by atoms with Gasteiger partial charge in [-0.25, -0.2) is 9.59 Å². The summed E-state index contributed by atoms with van der Waals surface area (Å²) in [5.74, 6) is 0.217. The number of benzene rings is 1. The zero-order chi connectivity index (χ0) is 21.4. The van der Waals surface area contributed by atoms with Gasteiger partial charge in [0.15, 0.2) is 0 Å². The van der Waals surface area contributed by atoms with Gasteiger partial charge < -0.3 is 14.2 Å². The molecule has 0 aliphatic heterocycles. The molecule has 0 aromatic heterocycles. The van der Waals surface area contributed by atoms with Crippen LogP contribution in [0.1, 0.15) is 87.4 Å². The summed E-state index contributed by atoms with van der Waals surface area (Å²) in [6.07, 6.45) is 14.5. The molecule has 1 aromatic carbocycles. The Kier molecular flexibility index (Phi) is 11.7. The summed E-state index contributed by atoms with van der Waals surface area (Å²) in [5, 5.41) is 0. The summed E-state index contributed by atoms with van der Waals surface area (Å²) >= 11 is 0. The molecule has 0 atom stereocenters. The number of carbonyl (C=O) groups is 2. The topological polar surface area (TPSA) is 61.8 Å². The number of hydrogen-bond donors (Lipinski definition) is 0. The average Bonchev–Trinajstić information content (AvgIpc) is 2.78. The molecular formula is C25H36O5. The third kappa shape index (κ3) is 9.95. The van der Waals surface area contributed by atoms with E-state index in [9.17, 15) is 9.59 Å². The van der Waals surface area contributed by atoms with Crippen molar-refractivity contribution in [1.82, 2.24) is 0 Å². The second-order valence-electron chi connectivity index (χ2n) is 7.88. The lowest BCUT2D eigenvalue weighted by Gasteiger charge is -2.21. The first-order valence-electron chi connectivity index (χ1n) is 11.4. The summed E-state index contributed by atoms with van der Waals surface area (Å²) in [5.41, 5.74) is 0.590. The average molecular weight is 417 g/mol. The maximum absolute atomic E-state index is 12.2. The van der Waals surface area contributed by atoms with E-state index in [1.54, 1.807) is 12.1 Å². The molecular weight excluding hydrogens is 380 g/mol. The molecule has 0 bridgehead atoms. The predicted molar refractivity (Wildman–Crippen MR) is 118 cm³/mol. The van der Waals surface area contributed by atoms with Crippen LogP contribution in [0.25, 0.3) is 0 Å². The van der Waals surface area contributed by atoms with Crippen LogP contribution >= 0.6 is 0 Å². The molecule has 5 nitrogen and oxygen atoms in total. The van der Waals surface area contributed by atoms with E-state index in [0.29, 0.717) is 18.8 Å². The van der Waals surface area contributed by atoms with Crippen LogP contribution in [-0.4, -0.2) is 31.3 Å². The smallest absolute Gasteiger partial charge is 0.338 e. The minimum Gasteiger partial charge on any atom is -0.494 e. The molecule has 1 aliphatic rings. The van der Waals surface area contributed by atoms with Gasteiger partial charge in [0.1, 0.15) is 11.9 Å². The van der Waals surface area contributed by atoms with Crippen molar-refractivity contribution >= 4 is 11.9 Å². The highest BCUT2D eigenvalue weighted by atomic mass is 16.5. The van der Waals surface area contributed by atoms with Crippen molar-refractivity contribution in [3.63, 3.8) is 0 Å². The highest BCUT2D eigenvalue weighted by Gasteiger charge is 2.18. The highest BCUT2D eigenvalue weighted by Crippen LogP contribution is 2.22. The third-order valence-corrected chi connectivity index (χ3v) is 5.38. The largest absolute Gasteiger partial charge is 0.494 e. The molecule has 0 heterocycles. The number of unbranched alkanes of at least 4 members (excludes halogenated alkanes) is 6. The van der Waals surface area contributed by atoms with Crippen molar-refractivity contribution < 1.29 is 23.8 Å². The van der Waals surface area contributed by atoms with Crippen molar-refractivity contribution in [3.8, 4) is 5.75 Å². The Morgan fingerprint density at radius 1 is 0.867 bits per heavy atom. The first kappa shape index (κ1) is 24.0. The number of esters is 2. The standard InChI is InChI=1S/C25H36O5/c1-2-24(26)29-20-12-7-5-3-4-6-11-19-28-22-17-15-21(16-18-22)25(27)30-23-13-9-8-10-14-23/h2,15-18,23H,1,3-14,19-20H2. The molecule has 1 aromatic rings. The lowest BCUT2D eigenvalue weighted by Crippen LogP contribution is -2.20. The van der Waals surface area contributed by atoms with E-state index in [2.05, 4.69) is 6.58 Å². The van der Waals surface area contributed by atoms with E-state index < -0.39 is 0 Å². The molecule has 166 valence electrons. The molecule has 1 saturated carbocycles. The minimum absolute atomic E-state index is 0.0805. The van der Waals surface area contributed by atoms with Crippen LogP contribution in [0, 0.1) is 0 Å². The number of hydrogen-bond acceptors (Lipinski definition) is 5. The zero-order valence-electron chi connectivity index (χ0n) is 18.1. The van der Waals surface area contributed by atoms with Crippen LogP contribution in [-0.2, 0) is 14.3 Å². The second kappa shape index (κ2) is 14.6. The monoisotopic (exact) mass is 416 g/mol. The Morgan fingerprint density at radius 3 is 2.10 bits per heavy atom. The van der Waals surface area contributed by atoms with Gasteiger partial charge in [-0.2, -0.15) is 0 Å². The third-order valence-electron chi connectivity index (χ3n) is 5.38. The lowest BCUT2D eigenvalue weighted by atomic mass is 9.98. The molecule has 0 spiro atoms. The van der Waals surface area contributed by atoms with Crippen LogP contribution < -0.4 is 4.74 Å². The van der Waals surface area contributed by atoms with Gasteiger partial charge in [0.2, 0.25) is 0 Å². The van der Waals surface area contributed by atoms with E-state index >= 15 is 0 Å². The van der Waals surface area contributed by atoms with Gasteiger partial charge in [0.25, 0.3) is 0 Å². The first-order valence-corrected chi connectivity index (χ1v) is 11.4. The van der Waals surface area contributed by atoms with E-state index in [4.69, 9.17) is 14.2 Å². The fourth-order valence-electron chi connectivity index (χ4n) is 3.60. The fraction of sp³-hybridized carbons (Fsp3) is 0.600. The highest BCUT2D eigenvalue weighted by molar-refractivity contribution is 5.89. The SMILES string of the molecule is C=CC(=O)OCCCCCCCCCOc1ccc(C(=O)OC2CCCCC2)cc1. The Morgan fingerprint density at radius 2 is 1.47 bits per heavy atom. The molecule has 0 unspecified atom stereocenters. The van der Waals surface area contributed by atoms with Gasteiger partial charge >= 0.3 is 11.9 Å². The van der Waals surface area contributed by atoms with Crippen molar-refractivity contribution in [3.05, 3.63) is 42.5 Å². The van der Waals surface area contributed by atoms with Gasteiger partial charge in [0, 0.05) is 6.08 Å². The van der Waals surface area contributed by atoms with E-state index in [0.717, 1.165) is 63.5 Å². The van der Waals surface area contributed by atoms with Crippen LogP contribution in [0.5, 0.6) is 5.75 Å². The first-order chi connectivity index (χ1) is 14.7. The molecule has 0 radical (unpaired) electrons. The summed E-state index contributed by atoms with van der Waals surface area (Å²) in [4.78, 5) is 23.1. The van der Waals surface area contributed by atoms with Crippen LogP contribution in [0.4, 0.5) is 0 Å². The summed E-state index contributed by atoms with van der Waals surface area (Å²) in [6, 6.07) is 7.26. The molecule has 30 heavy (non-hydrogen) atoms. The maximum atomic E-state index is 12.2. The Balaban J connectivity index is 1.48. The summed E-state index contributed by atoms with van der Waals surface area (Å²) in [6.45, 7) is 4.54. The molecule has 0 saturated heterocycles. The Hall–Kier alpha value is -2.30. The van der Waals surface area contributed by atoms with Crippen LogP contribution in [0.3, 0.4) is 0 Å². The van der Waals surface area contributed by atoms with Crippen LogP contribution in [0.2, 0.25) is 0 Å². The quantitative estimate of drug-likeness (QED) is 0.211. The van der Waals surface area contributed by atoms with Crippen molar-refractivity contribution in [2.24, 2.45) is 0 Å². The normalized spacial score (nSPS) is 14.1. The number of rotatable bonds is 14. The van der Waals surface area contributed by atoms with Crippen molar-refractivity contribution in [1.29, 1.82) is 0 Å². The number of ether oxygens (including phenoxy) is 3. The zero-order valence-corrected chi connectivity index (χ0v) is 18.1.